The number of allylic oxidation sites excluding steroid dienone is 4. The molecule has 0 bridgehead atoms. The smallest absolute Gasteiger partial charge is 0.335 e. The molecular formula is C20H20O4. The lowest BCUT2D eigenvalue weighted by atomic mass is 9.95. The van der Waals surface area contributed by atoms with Gasteiger partial charge in [-0.05, 0) is 29.2 Å². The first kappa shape index (κ1) is 17.5. The minimum atomic E-state index is -0.431. The third-order valence-electron chi connectivity index (χ3n) is 3.64. The molecule has 24 heavy (non-hydrogen) atoms. The first-order chi connectivity index (χ1) is 11.6. The van der Waals surface area contributed by atoms with E-state index in [1.54, 1.807) is 0 Å². The second kappa shape index (κ2) is 8.67. The van der Waals surface area contributed by atoms with Crippen molar-refractivity contribution < 1.29 is 19.1 Å². The van der Waals surface area contributed by atoms with Crippen LogP contribution < -0.4 is 0 Å². The molecule has 4 heteroatoms. The van der Waals surface area contributed by atoms with Crippen molar-refractivity contribution in [1.82, 2.24) is 0 Å². The van der Waals surface area contributed by atoms with Crippen LogP contribution in [0.2, 0.25) is 0 Å². The molecule has 0 unspecified atom stereocenters. The van der Waals surface area contributed by atoms with Gasteiger partial charge in [0.1, 0.15) is 5.76 Å². The lowest BCUT2D eigenvalue weighted by molar-refractivity contribution is -0.137. The van der Waals surface area contributed by atoms with Crippen molar-refractivity contribution in [3.8, 4) is 0 Å². The molecule has 1 aliphatic carbocycles. The number of rotatable bonds is 7. The summed E-state index contributed by atoms with van der Waals surface area (Å²) in [7, 11) is 0. The van der Waals surface area contributed by atoms with Crippen LogP contribution in [0.5, 0.6) is 0 Å². The predicted octanol–water partition coefficient (Wildman–Crippen LogP) is 3.75. The van der Waals surface area contributed by atoms with Crippen LogP contribution in [-0.2, 0) is 25.5 Å². The number of ether oxygens (including phenoxy) is 2. The molecule has 0 atom stereocenters. The summed E-state index contributed by atoms with van der Waals surface area (Å²) in [6.07, 6.45) is 8.27. The van der Waals surface area contributed by atoms with Crippen LogP contribution in [0.3, 0.4) is 0 Å². The Bertz CT molecular complexity index is 693. The average Bonchev–Trinajstić information content (AvgIpc) is 2.62. The number of carbonyl (C=O) groups is 2. The molecule has 4 nitrogen and oxygen atoms in total. The molecular weight excluding hydrogens is 304 g/mol. The monoisotopic (exact) mass is 324 g/mol. The maximum atomic E-state index is 11.2. The Morgan fingerprint density at radius 2 is 1.71 bits per heavy atom. The molecule has 0 radical (unpaired) electrons. The average molecular weight is 324 g/mol. The quantitative estimate of drug-likeness (QED) is 0.566. The molecule has 2 rings (SSSR count). The fourth-order valence-electron chi connectivity index (χ4n) is 2.33. The Balaban J connectivity index is 1.93. The van der Waals surface area contributed by atoms with E-state index >= 15 is 0 Å². The fourth-order valence-corrected chi connectivity index (χ4v) is 2.33. The number of carbonyl (C=O) groups excluding carboxylic acids is 2. The molecule has 0 heterocycles. The summed E-state index contributed by atoms with van der Waals surface area (Å²) in [4.78, 5) is 22.2. The van der Waals surface area contributed by atoms with Gasteiger partial charge in [-0.3, -0.25) is 0 Å². The van der Waals surface area contributed by atoms with E-state index in [4.69, 9.17) is 9.47 Å². The minimum Gasteiger partial charge on any atom is -0.462 e. The Morgan fingerprint density at radius 1 is 1.00 bits per heavy atom. The first-order valence-electron chi connectivity index (χ1n) is 7.75. The Hall–Kier alpha value is -2.88. The van der Waals surface area contributed by atoms with Crippen LogP contribution in [0.1, 0.15) is 24.0 Å². The Kier molecular flexibility index (Phi) is 6.32. The molecule has 0 saturated carbocycles. The number of benzene rings is 1. The van der Waals surface area contributed by atoms with Crippen LogP contribution in [-0.4, -0.2) is 18.5 Å². The van der Waals surface area contributed by atoms with Gasteiger partial charge in [0, 0.05) is 25.0 Å². The summed E-state index contributed by atoms with van der Waals surface area (Å²) in [5, 5.41) is 0. The second-order valence-electron chi connectivity index (χ2n) is 5.27. The van der Waals surface area contributed by atoms with E-state index < -0.39 is 11.9 Å². The summed E-state index contributed by atoms with van der Waals surface area (Å²) in [6.45, 7) is 7.08. The first-order valence-corrected chi connectivity index (χ1v) is 7.75. The van der Waals surface area contributed by atoms with Crippen LogP contribution in [0.15, 0.2) is 67.5 Å². The second-order valence-corrected chi connectivity index (χ2v) is 5.27. The maximum Gasteiger partial charge on any atom is 0.335 e. The summed E-state index contributed by atoms with van der Waals surface area (Å²) in [5.41, 5.74) is 3.42. The molecule has 0 aromatic heterocycles. The standard InChI is InChI=1S/C20H20O4/c1-3-19(21)23-14-13-15-5-7-16(8-6-15)17-9-11-18(12-10-17)24-20(22)4-2/h3-9,11H,1-2,10,12-14H2. The van der Waals surface area contributed by atoms with E-state index in [2.05, 4.69) is 13.2 Å². The topological polar surface area (TPSA) is 52.6 Å². The van der Waals surface area contributed by atoms with Crippen LogP contribution in [0.4, 0.5) is 0 Å². The summed E-state index contributed by atoms with van der Waals surface area (Å²) < 4.78 is 10.1. The largest absolute Gasteiger partial charge is 0.462 e. The number of hydrogen-bond donors (Lipinski definition) is 0. The van der Waals surface area contributed by atoms with Crippen molar-refractivity contribution >= 4 is 17.5 Å². The van der Waals surface area contributed by atoms with Crippen LogP contribution in [0, 0.1) is 0 Å². The molecule has 0 fully saturated rings. The third kappa shape index (κ3) is 5.09. The van der Waals surface area contributed by atoms with Crippen molar-refractivity contribution in [1.29, 1.82) is 0 Å². The van der Waals surface area contributed by atoms with Crippen molar-refractivity contribution in [2.24, 2.45) is 0 Å². The van der Waals surface area contributed by atoms with Gasteiger partial charge in [-0.1, -0.05) is 43.5 Å². The number of esters is 2. The molecule has 1 aromatic carbocycles. The normalized spacial score (nSPS) is 13.3. The minimum absolute atomic E-state index is 0.341. The van der Waals surface area contributed by atoms with Crippen molar-refractivity contribution in [2.75, 3.05) is 6.61 Å². The molecule has 1 aromatic rings. The fraction of sp³-hybridized carbons (Fsp3) is 0.200. The van der Waals surface area contributed by atoms with E-state index in [1.807, 2.05) is 36.4 Å². The van der Waals surface area contributed by atoms with Crippen LogP contribution in [0.25, 0.3) is 5.57 Å². The van der Waals surface area contributed by atoms with Crippen LogP contribution >= 0.6 is 0 Å². The predicted molar refractivity (Wildman–Crippen MR) is 92.9 cm³/mol. The van der Waals surface area contributed by atoms with E-state index in [0.29, 0.717) is 25.2 Å². The molecule has 0 saturated heterocycles. The molecule has 1 aliphatic rings. The molecule has 0 N–H and O–H groups in total. The van der Waals surface area contributed by atoms with Crippen molar-refractivity contribution in [3.63, 3.8) is 0 Å². The van der Waals surface area contributed by atoms with Gasteiger partial charge in [-0.15, -0.1) is 0 Å². The van der Waals surface area contributed by atoms with E-state index in [1.165, 1.54) is 5.57 Å². The summed E-state index contributed by atoms with van der Waals surface area (Å²) >= 11 is 0. The van der Waals surface area contributed by atoms with Crippen molar-refractivity contribution in [2.45, 2.75) is 19.3 Å². The van der Waals surface area contributed by atoms with Gasteiger partial charge >= 0.3 is 11.9 Å². The van der Waals surface area contributed by atoms with E-state index in [9.17, 15) is 9.59 Å². The lowest BCUT2D eigenvalue weighted by Gasteiger charge is -2.14. The van der Waals surface area contributed by atoms with Gasteiger partial charge in [-0.2, -0.15) is 0 Å². The summed E-state index contributed by atoms with van der Waals surface area (Å²) in [6, 6.07) is 8.14. The molecule has 0 spiro atoms. The zero-order chi connectivity index (χ0) is 17.4. The zero-order valence-electron chi connectivity index (χ0n) is 13.5. The molecule has 0 aliphatic heterocycles. The highest BCUT2D eigenvalue weighted by Gasteiger charge is 2.11. The molecule has 124 valence electrons. The van der Waals surface area contributed by atoms with Gasteiger partial charge in [0.15, 0.2) is 0 Å². The number of hydrogen-bond acceptors (Lipinski definition) is 4. The Labute approximate surface area is 141 Å². The van der Waals surface area contributed by atoms with Gasteiger partial charge in [-0.25, -0.2) is 9.59 Å². The Morgan fingerprint density at radius 3 is 2.29 bits per heavy atom. The zero-order valence-corrected chi connectivity index (χ0v) is 13.5. The van der Waals surface area contributed by atoms with Crippen molar-refractivity contribution in [3.05, 3.63) is 78.6 Å². The van der Waals surface area contributed by atoms with Gasteiger partial charge in [0.2, 0.25) is 0 Å². The van der Waals surface area contributed by atoms with E-state index in [0.717, 1.165) is 29.7 Å². The summed E-state index contributed by atoms with van der Waals surface area (Å²) in [5.74, 6) is -0.178. The van der Waals surface area contributed by atoms with Gasteiger partial charge < -0.3 is 9.47 Å². The lowest BCUT2D eigenvalue weighted by Crippen LogP contribution is -2.04. The SMILES string of the molecule is C=CC(=O)OCCc1ccc(C2=CC=C(OC(=O)C=C)CC2)cc1. The van der Waals surface area contributed by atoms with E-state index in [-0.39, 0.29) is 0 Å². The third-order valence-corrected chi connectivity index (χ3v) is 3.64. The highest BCUT2D eigenvalue weighted by Crippen LogP contribution is 2.27. The van der Waals surface area contributed by atoms with Gasteiger partial charge in [0.05, 0.1) is 6.61 Å². The maximum absolute atomic E-state index is 11.2. The highest BCUT2D eigenvalue weighted by atomic mass is 16.5. The highest BCUT2D eigenvalue weighted by molar-refractivity contribution is 5.82. The molecule has 0 amide bonds. The van der Waals surface area contributed by atoms with Gasteiger partial charge in [0.25, 0.3) is 0 Å².